The normalized spacial score (nSPS) is 9.40. The molecule has 0 amide bonds. The van der Waals surface area contributed by atoms with Crippen molar-refractivity contribution in [1.82, 2.24) is 9.97 Å². The summed E-state index contributed by atoms with van der Waals surface area (Å²) in [6, 6.07) is 1.89. The highest BCUT2D eigenvalue weighted by atomic mass is 15.1. The van der Waals surface area contributed by atoms with Crippen LogP contribution in [-0.4, -0.2) is 23.1 Å². The molecule has 0 aliphatic carbocycles. The summed E-state index contributed by atoms with van der Waals surface area (Å²) in [5.41, 5.74) is 0.920. The number of nitrogens with one attached hydrogen (secondary N) is 2. The summed E-state index contributed by atoms with van der Waals surface area (Å²) >= 11 is 0. The van der Waals surface area contributed by atoms with Gasteiger partial charge in [0.25, 0.3) is 0 Å². The maximum absolute atomic E-state index is 4.28. The second-order valence-electron chi connectivity index (χ2n) is 3.06. The predicted octanol–water partition coefficient (Wildman–Crippen LogP) is 1.98. The summed E-state index contributed by atoms with van der Waals surface area (Å²) in [6.45, 7) is 10.5. The van der Waals surface area contributed by atoms with Crippen LogP contribution in [-0.2, 0) is 0 Å². The molecule has 1 aromatic heterocycles. The Labute approximate surface area is 90.1 Å². The molecule has 0 unspecified atom stereocenters. The molecule has 2 N–H and O–H groups in total. The topological polar surface area (TPSA) is 49.8 Å². The molecule has 4 nitrogen and oxygen atoms in total. The fraction of sp³-hybridized carbons (Fsp3) is 0.273. The van der Waals surface area contributed by atoms with Crippen molar-refractivity contribution in [3.05, 3.63) is 37.1 Å². The molecule has 0 spiro atoms. The Morgan fingerprint density at radius 1 is 1.20 bits per heavy atom. The zero-order chi connectivity index (χ0) is 11.1. The van der Waals surface area contributed by atoms with Gasteiger partial charge in [0, 0.05) is 24.8 Å². The average molecular weight is 204 g/mol. The van der Waals surface area contributed by atoms with Crippen LogP contribution in [0, 0.1) is 6.92 Å². The molecule has 15 heavy (non-hydrogen) atoms. The van der Waals surface area contributed by atoms with E-state index < -0.39 is 0 Å². The van der Waals surface area contributed by atoms with Gasteiger partial charge in [-0.05, 0) is 6.92 Å². The van der Waals surface area contributed by atoms with Gasteiger partial charge in [-0.25, -0.2) is 4.98 Å². The van der Waals surface area contributed by atoms with E-state index in [1.165, 1.54) is 0 Å². The number of rotatable bonds is 6. The van der Waals surface area contributed by atoms with Crippen LogP contribution in [0.3, 0.4) is 0 Å². The van der Waals surface area contributed by atoms with E-state index in [1.807, 2.05) is 13.0 Å². The average Bonchev–Trinajstić information content (AvgIpc) is 2.23. The molecule has 1 rings (SSSR count). The molecule has 4 heteroatoms. The summed E-state index contributed by atoms with van der Waals surface area (Å²) in [5, 5.41) is 6.16. The number of aryl methyl sites for hydroxylation is 1. The van der Waals surface area contributed by atoms with Gasteiger partial charge < -0.3 is 10.6 Å². The number of anilines is 2. The molecule has 80 valence electrons. The summed E-state index contributed by atoms with van der Waals surface area (Å²) in [5.74, 6) is 1.41. The van der Waals surface area contributed by atoms with Crippen molar-refractivity contribution >= 4 is 11.8 Å². The number of hydrogen-bond donors (Lipinski definition) is 2. The van der Waals surface area contributed by atoms with Crippen molar-refractivity contribution in [3.8, 4) is 0 Å². The summed E-state index contributed by atoms with van der Waals surface area (Å²) in [7, 11) is 0. The first-order valence-electron chi connectivity index (χ1n) is 4.81. The molecule has 0 aromatic carbocycles. The van der Waals surface area contributed by atoms with Crippen LogP contribution in [0.5, 0.6) is 0 Å². The van der Waals surface area contributed by atoms with E-state index in [0.29, 0.717) is 19.0 Å². The van der Waals surface area contributed by atoms with Crippen LogP contribution < -0.4 is 10.6 Å². The molecule has 0 aliphatic heterocycles. The Morgan fingerprint density at radius 3 is 2.53 bits per heavy atom. The monoisotopic (exact) mass is 204 g/mol. The second kappa shape index (κ2) is 5.80. The quantitative estimate of drug-likeness (QED) is 0.696. The van der Waals surface area contributed by atoms with Gasteiger partial charge in [0.1, 0.15) is 5.82 Å². The van der Waals surface area contributed by atoms with Crippen LogP contribution in [0.15, 0.2) is 31.4 Å². The van der Waals surface area contributed by atoms with Gasteiger partial charge in [-0.3, -0.25) is 0 Å². The maximum Gasteiger partial charge on any atom is 0.225 e. The fourth-order valence-corrected chi connectivity index (χ4v) is 1.08. The van der Waals surface area contributed by atoms with Crippen molar-refractivity contribution in [2.24, 2.45) is 0 Å². The SMILES string of the molecule is C=CCNc1cc(C)nc(NCC=C)n1. The summed E-state index contributed by atoms with van der Waals surface area (Å²) in [6.07, 6.45) is 3.55. The van der Waals surface area contributed by atoms with Crippen molar-refractivity contribution in [2.75, 3.05) is 23.7 Å². The Kier molecular flexibility index (Phi) is 4.34. The van der Waals surface area contributed by atoms with Gasteiger partial charge in [0.15, 0.2) is 0 Å². The van der Waals surface area contributed by atoms with E-state index in [0.717, 1.165) is 11.5 Å². The third-order valence-electron chi connectivity index (χ3n) is 1.69. The van der Waals surface area contributed by atoms with Gasteiger partial charge in [-0.1, -0.05) is 12.2 Å². The molecule has 0 aliphatic rings. The molecule has 0 saturated heterocycles. The Morgan fingerprint density at radius 2 is 1.87 bits per heavy atom. The number of hydrogen-bond acceptors (Lipinski definition) is 4. The molecule has 0 radical (unpaired) electrons. The molecular weight excluding hydrogens is 188 g/mol. The first-order chi connectivity index (χ1) is 7.26. The highest BCUT2D eigenvalue weighted by Gasteiger charge is 1.99. The van der Waals surface area contributed by atoms with Crippen LogP contribution in [0.25, 0.3) is 0 Å². The molecular formula is C11H16N4. The van der Waals surface area contributed by atoms with Gasteiger partial charge >= 0.3 is 0 Å². The van der Waals surface area contributed by atoms with E-state index >= 15 is 0 Å². The zero-order valence-corrected chi connectivity index (χ0v) is 8.95. The minimum atomic E-state index is 0.612. The van der Waals surface area contributed by atoms with Crippen LogP contribution in [0.2, 0.25) is 0 Å². The molecule has 1 aromatic rings. The van der Waals surface area contributed by atoms with E-state index in [4.69, 9.17) is 0 Å². The third-order valence-corrected chi connectivity index (χ3v) is 1.69. The smallest absolute Gasteiger partial charge is 0.225 e. The minimum absolute atomic E-state index is 0.612. The van der Waals surface area contributed by atoms with Crippen LogP contribution in [0.4, 0.5) is 11.8 Å². The van der Waals surface area contributed by atoms with E-state index in [-0.39, 0.29) is 0 Å². The predicted molar refractivity (Wildman–Crippen MR) is 64.1 cm³/mol. The first kappa shape index (κ1) is 11.2. The largest absolute Gasteiger partial charge is 0.366 e. The van der Waals surface area contributed by atoms with E-state index in [9.17, 15) is 0 Å². The maximum atomic E-state index is 4.28. The van der Waals surface area contributed by atoms with Crippen molar-refractivity contribution in [2.45, 2.75) is 6.92 Å². The Bertz CT molecular complexity index is 316. The van der Waals surface area contributed by atoms with Crippen LogP contribution in [0.1, 0.15) is 5.69 Å². The Balaban J connectivity index is 2.74. The third kappa shape index (κ3) is 3.81. The summed E-state index contributed by atoms with van der Waals surface area (Å²) in [4.78, 5) is 8.52. The standard InChI is InChI=1S/C11H16N4/c1-4-6-12-10-8-9(3)14-11(15-10)13-7-5-2/h4-5,8H,1-2,6-7H2,3H3,(H2,12,13,14,15). The second-order valence-corrected chi connectivity index (χ2v) is 3.06. The fourth-order valence-electron chi connectivity index (χ4n) is 1.08. The van der Waals surface area contributed by atoms with E-state index in [2.05, 4.69) is 33.8 Å². The van der Waals surface area contributed by atoms with E-state index in [1.54, 1.807) is 12.2 Å². The highest BCUT2D eigenvalue weighted by molar-refractivity contribution is 5.42. The van der Waals surface area contributed by atoms with Crippen molar-refractivity contribution < 1.29 is 0 Å². The molecule has 0 bridgehead atoms. The molecule has 1 heterocycles. The van der Waals surface area contributed by atoms with Gasteiger partial charge in [-0.15, -0.1) is 13.2 Å². The highest BCUT2D eigenvalue weighted by Crippen LogP contribution is 2.08. The number of aromatic nitrogens is 2. The van der Waals surface area contributed by atoms with Gasteiger partial charge in [0.2, 0.25) is 5.95 Å². The minimum Gasteiger partial charge on any atom is -0.366 e. The van der Waals surface area contributed by atoms with Crippen LogP contribution >= 0.6 is 0 Å². The molecule has 0 saturated carbocycles. The van der Waals surface area contributed by atoms with Gasteiger partial charge in [-0.2, -0.15) is 4.98 Å². The Hall–Kier alpha value is -1.84. The molecule has 0 fully saturated rings. The molecule has 0 atom stereocenters. The number of nitrogens with zero attached hydrogens (tertiary/aromatic N) is 2. The van der Waals surface area contributed by atoms with Crippen molar-refractivity contribution in [1.29, 1.82) is 0 Å². The summed E-state index contributed by atoms with van der Waals surface area (Å²) < 4.78 is 0. The lowest BCUT2D eigenvalue weighted by molar-refractivity contribution is 1.07. The first-order valence-corrected chi connectivity index (χ1v) is 4.81. The van der Waals surface area contributed by atoms with Gasteiger partial charge in [0.05, 0.1) is 0 Å². The lowest BCUT2D eigenvalue weighted by atomic mass is 10.4. The lowest BCUT2D eigenvalue weighted by Crippen LogP contribution is -2.07. The zero-order valence-electron chi connectivity index (χ0n) is 8.95. The lowest BCUT2D eigenvalue weighted by Gasteiger charge is -2.07. The van der Waals surface area contributed by atoms with Crippen molar-refractivity contribution in [3.63, 3.8) is 0 Å².